The Morgan fingerprint density at radius 3 is 2.57 bits per heavy atom. The van der Waals surface area contributed by atoms with Crippen molar-refractivity contribution in [3.05, 3.63) is 0 Å². The number of esters is 1. The van der Waals surface area contributed by atoms with Crippen molar-refractivity contribution < 1.29 is 24.2 Å². The topological polar surface area (TPSA) is 80.7 Å². The SMILES string of the molecule is CC(=O)OCC(=O)[C@H]1CC[C@H]2[C@@H]3CC[C@@H]4C[C@@H](O)CC[C@]4(C)[C@H]3C(=O)C[C@]12C. The molecule has 0 aromatic heterocycles. The Morgan fingerprint density at radius 2 is 1.86 bits per heavy atom. The van der Waals surface area contributed by atoms with E-state index in [0.29, 0.717) is 30.0 Å². The van der Waals surface area contributed by atoms with Crippen molar-refractivity contribution in [2.45, 2.75) is 78.2 Å². The average Bonchev–Trinajstić information content (AvgIpc) is 2.96. The van der Waals surface area contributed by atoms with E-state index in [1.165, 1.54) is 6.92 Å². The smallest absolute Gasteiger partial charge is 0.303 e. The molecule has 0 aliphatic heterocycles. The normalized spacial score (nSPS) is 47.6. The van der Waals surface area contributed by atoms with Gasteiger partial charge >= 0.3 is 5.97 Å². The third-order valence-electron chi connectivity index (χ3n) is 9.13. The molecule has 4 aliphatic carbocycles. The third kappa shape index (κ3) is 2.96. The van der Waals surface area contributed by atoms with Crippen LogP contribution < -0.4 is 0 Å². The Hall–Kier alpha value is -1.23. The minimum atomic E-state index is -0.432. The Morgan fingerprint density at radius 1 is 1.11 bits per heavy atom. The van der Waals surface area contributed by atoms with E-state index in [9.17, 15) is 19.5 Å². The van der Waals surface area contributed by atoms with E-state index in [0.717, 1.165) is 44.9 Å². The number of ketones is 2. The number of aliphatic hydroxyl groups is 1. The van der Waals surface area contributed by atoms with Crippen molar-refractivity contribution in [2.75, 3.05) is 6.61 Å². The number of rotatable bonds is 3. The predicted octanol–water partition coefficient (Wildman–Crippen LogP) is 3.32. The average molecular weight is 391 g/mol. The van der Waals surface area contributed by atoms with Gasteiger partial charge in [0, 0.05) is 25.2 Å². The van der Waals surface area contributed by atoms with E-state index in [1.54, 1.807) is 0 Å². The molecule has 5 heteroatoms. The molecule has 5 nitrogen and oxygen atoms in total. The first-order valence-corrected chi connectivity index (χ1v) is 11.0. The summed E-state index contributed by atoms with van der Waals surface area (Å²) in [6.45, 7) is 5.58. The fourth-order valence-electron chi connectivity index (χ4n) is 7.85. The lowest BCUT2D eigenvalue weighted by atomic mass is 9.44. The van der Waals surface area contributed by atoms with Gasteiger partial charge in [0.25, 0.3) is 0 Å². The number of hydrogen-bond acceptors (Lipinski definition) is 5. The fraction of sp³-hybridized carbons (Fsp3) is 0.870. The third-order valence-corrected chi connectivity index (χ3v) is 9.13. The zero-order valence-corrected chi connectivity index (χ0v) is 17.4. The molecule has 4 fully saturated rings. The number of aliphatic hydroxyl groups excluding tert-OH is 1. The quantitative estimate of drug-likeness (QED) is 0.748. The van der Waals surface area contributed by atoms with Crippen LogP contribution in [-0.2, 0) is 19.1 Å². The zero-order valence-electron chi connectivity index (χ0n) is 17.4. The van der Waals surface area contributed by atoms with Crippen LogP contribution in [0.3, 0.4) is 0 Å². The number of hydrogen-bond donors (Lipinski definition) is 1. The Labute approximate surface area is 167 Å². The summed E-state index contributed by atoms with van der Waals surface area (Å²) in [6, 6.07) is 0. The van der Waals surface area contributed by atoms with Crippen molar-refractivity contribution in [3.8, 4) is 0 Å². The number of carbonyl (C=O) groups excluding carboxylic acids is 3. The van der Waals surface area contributed by atoms with Gasteiger partial charge in [-0.05, 0) is 73.5 Å². The van der Waals surface area contributed by atoms with Gasteiger partial charge in [0.1, 0.15) is 12.4 Å². The summed E-state index contributed by atoms with van der Waals surface area (Å²) in [5.74, 6) is 0.971. The molecule has 0 spiro atoms. The monoisotopic (exact) mass is 390 g/mol. The molecule has 28 heavy (non-hydrogen) atoms. The molecular weight excluding hydrogens is 356 g/mol. The maximum absolute atomic E-state index is 13.5. The Balaban J connectivity index is 1.58. The van der Waals surface area contributed by atoms with E-state index in [1.807, 2.05) is 0 Å². The molecule has 0 aromatic carbocycles. The lowest BCUT2D eigenvalue weighted by molar-refractivity contribution is -0.163. The number of Topliss-reactive ketones (excluding diaryl/α,β-unsaturated/α-hetero) is 2. The predicted molar refractivity (Wildman–Crippen MR) is 103 cm³/mol. The molecule has 0 unspecified atom stereocenters. The van der Waals surface area contributed by atoms with Crippen molar-refractivity contribution in [2.24, 2.45) is 40.4 Å². The molecule has 0 amide bonds. The molecule has 1 N–H and O–H groups in total. The molecule has 156 valence electrons. The van der Waals surface area contributed by atoms with Crippen LogP contribution in [0.15, 0.2) is 0 Å². The summed E-state index contributed by atoms with van der Waals surface area (Å²) in [7, 11) is 0. The van der Waals surface area contributed by atoms with Crippen LogP contribution in [0, 0.1) is 40.4 Å². The Kier molecular flexibility index (Phi) is 4.96. The van der Waals surface area contributed by atoms with Crippen LogP contribution in [0.1, 0.15) is 72.1 Å². The van der Waals surface area contributed by atoms with E-state index >= 15 is 0 Å². The lowest BCUT2D eigenvalue weighted by Crippen LogP contribution is -2.58. The number of carbonyl (C=O) groups is 3. The molecule has 0 bridgehead atoms. The highest BCUT2D eigenvalue weighted by atomic mass is 16.5. The van der Waals surface area contributed by atoms with Gasteiger partial charge in [-0.2, -0.15) is 0 Å². The van der Waals surface area contributed by atoms with Gasteiger partial charge < -0.3 is 9.84 Å². The molecule has 0 saturated heterocycles. The first kappa shape index (κ1) is 20.1. The van der Waals surface area contributed by atoms with Gasteiger partial charge in [-0.3, -0.25) is 14.4 Å². The molecular formula is C23H34O5. The molecule has 8 atom stereocenters. The Bertz CT molecular complexity index is 686. The summed E-state index contributed by atoms with van der Waals surface area (Å²) in [5, 5.41) is 10.1. The maximum Gasteiger partial charge on any atom is 0.303 e. The molecule has 4 aliphatic rings. The van der Waals surface area contributed by atoms with Crippen molar-refractivity contribution in [1.82, 2.24) is 0 Å². The van der Waals surface area contributed by atoms with E-state index in [-0.39, 0.29) is 41.2 Å². The van der Waals surface area contributed by atoms with E-state index in [4.69, 9.17) is 4.74 Å². The number of fused-ring (bicyclic) bond motifs is 5. The van der Waals surface area contributed by atoms with Crippen molar-refractivity contribution >= 4 is 17.5 Å². The number of ether oxygens (including phenoxy) is 1. The highest BCUT2D eigenvalue weighted by molar-refractivity contribution is 5.89. The van der Waals surface area contributed by atoms with Gasteiger partial charge in [0.2, 0.25) is 0 Å². The van der Waals surface area contributed by atoms with Crippen LogP contribution in [0.4, 0.5) is 0 Å². The van der Waals surface area contributed by atoms with Crippen LogP contribution in [-0.4, -0.2) is 35.4 Å². The maximum atomic E-state index is 13.5. The van der Waals surface area contributed by atoms with Gasteiger partial charge in [-0.15, -0.1) is 0 Å². The largest absolute Gasteiger partial charge is 0.458 e. The first-order chi connectivity index (χ1) is 13.2. The second kappa shape index (κ2) is 6.93. The van der Waals surface area contributed by atoms with Crippen LogP contribution in [0.2, 0.25) is 0 Å². The highest BCUT2D eigenvalue weighted by Crippen LogP contribution is 2.66. The minimum Gasteiger partial charge on any atom is -0.458 e. The molecule has 0 heterocycles. The lowest BCUT2D eigenvalue weighted by Gasteiger charge is -2.59. The van der Waals surface area contributed by atoms with Crippen LogP contribution in [0.25, 0.3) is 0 Å². The fourth-order valence-corrected chi connectivity index (χ4v) is 7.85. The summed E-state index contributed by atoms with van der Waals surface area (Å²) < 4.78 is 4.97. The summed E-state index contributed by atoms with van der Waals surface area (Å²) in [4.78, 5) is 37.4. The molecule has 0 aromatic rings. The zero-order chi connectivity index (χ0) is 20.3. The van der Waals surface area contributed by atoms with Gasteiger partial charge in [-0.1, -0.05) is 13.8 Å². The van der Waals surface area contributed by atoms with Gasteiger partial charge in [-0.25, -0.2) is 0 Å². The first-order valence-electron chi connectivity index (χ1n) is 11.0. The summed E-state index contributed by atoms with van der Waals surface area (Å²) >= 11 is 0. The highest BCUT2D eigenvalue weighted by Gasteiger charge is 2.64. The standard InChI is InChI=1S/C23H34O5/c1-13(24)28-12-20(27)18-7-6-17-16-5-4-14-10-15(25)8-9-22(14,2)21(16)19(26)11-23(17,18)3/h14-18,21,25H,4-12H2,1-3H3/t14-,15+,16+,17+,18-,21-,22+,23+/m1/s1. The second-order valence-electron chi connectivity index (χ2n) is 10.5. The molecule has 4 rings (SSSR count). The van der Waals surface area contributed by atoms with Gasteiger partial charge in [0.15, 0.2) is 5.78 Å². The summed E-state index contributed by atoms with van der Waals surface area (Å²) in [5.41, 5.74) is -0.298. The second-order valence-corrected chi connectivity index (χ2v) is 10.5. The van der Waals surface area contributed by atoms with Crippen LogP contribution >= 0.6 is 0 Å². The van der Waals surface area contributed by atoms with Gasteiger partial charge in [0.05, 0.1) is 6.10 Å². The molecule has 0 radical (unpaired) electrons. The molecule has 4 saturated carbocycles. The summed E-state index contributed by atoms with van der Waals surface area (Å²) in [6.07, 6.45) is 6.74. The van der Waals surface area contributed by atoms with E-state index in [2.05, 4.69) is 13.8 Å². The van der Waals surface area contributed by atoms with Crippen LogP contribution in [0.5, 0.6) is 0 Å². The van der Waals surface area contributed by atoms with Crippen molar-refractivity contribution in [3.63, 3.8) is 0 Å². The minimum absolute atomic E-state index is 0.000393. The van der Waals surface area contributed by atoms with E-state index < -0.39 is 5.97 Å². The van der Waals surface area contributed by atoms with Crippen molar-refractivity contribution in [1.29, 1.82) is 0 Å².